The first-order valence-electron chi connectivity index (χ1n) is 38.7. The van der Waals surface area contributed by atoms with E-state index in [-0.39, 0.29) is 32.0 Å². The fraction of sp³-hybridized carbons (Fsp3) is 0.0467. The topological polar surface area (TPSA) is 194 Å². The highest BCUT2D eigenvalue weighted by Crippen LogP contribution is 2.33. The third kappa shape index (κ3) is 27.9. The molecule has 0 heterocycles. The molecule has 0 aliphatic carbocycles. The van der Waals surface area contributed by atoms with Crippen LogP contribution in [0.5, 0.6) is 57.5 Å². The Hall–Kier alpha value is -16.8. The summed E-state index contributed by atoms with van der Waals surface area (Å²) < 4.78 is 55.3. The van der Waals surface area contributed by atoms with Crippen LogP contribution in [0.25, 0.3) is 76.4 Å². The highest BCUT2D eigenvalue weighted by molar-refractivity contribution is 6.06. The molecule has 0 bridgehead atoms. The van der Waals surface area contributed by atoms with Crippen molar-refractivity contribution in [2.24, 2.45) is 0 Å². The second-order valence-electron chi connectivity index (χ2n) is 26.8. The van der Waals surface area contributed by atoms with Crippen LogP contribution in [0.15, 0.2) is 350 Å². The molecule has 616 valence electrons. The molecule has 124 heavy (non-hydrogen) atoms. The zero-order valence-corrected chi connectivity index (χ0v) is 68.4. The number of nitrogens with one attached hydrogen (secondary N) is 1. The van der Waals surface area contributed by atoms with Crippen molar-refractivity contribution in [1.29, 1.82) is 0 Å². The number of nitrogens with zero attached hydrogens (tertiary/aromatic N) is 1. The Balaban J connectivity index is 0.000000173. The standard InChI is InChI=1S/C29H24O4.C28H22O4.C25H20N2O3.C25H22O4/c1-4-22-6-8-24(9-7-22)12-18-28(30)33-27-17-13-25(21(3)20-27)14-19-29(31)32-26-15-10-23(5-2)11-16-26;1-3-20-5-9-22(10-6-20)28(29)32-27-16-12-23-17-26(15-11-24(23)18-27)31-19-30-25-13-7-21(4-2)8-14-25;1-4-18-6-10-20(11-7-18)25(28)27-23-15-14-22(16-24(23)26-3)30-17-29-21-12-8-19(5-2)9-13-21;1-4-19-6-10-21(11-7-19)25(26)29-23-14-15-24(18(3)16-23)28-17-27-22-12-8-20(5-2)9-13-22/h4-20H,1-2H2,3H3;3-18H,1-2,19H2;4-16H,1-2,17H2,(H,27,28);4-16H,1-2,17H2,3H3/b18-12-,19-14-;;;. The van der Waals surface area contributed by atoms with Gasteiger partial charge < -0.3 is 52.7 Å². The second-order valence-corrected chi connectivity index (χ2v) is 26.8. The van der Waals surface area contributed by atoms with Gasteiger partial charge >= 0.3 is 23.9 Å². The molecule has 0 fully saturated rings. The maximum Gasteiger partial charge on any atom is 0.343 e. The van der Waals surface area contributed by atoms with Crippen LogP contribution in [-0.4, -0.2) is 50.2 Å². The minimum atomic E-state index is -0.484. The molecule has 0 aliphatic rings. The zero-order valence-electron chi connectivity index (χ0n) is 68.4. The molecule has 0 saturated carbocycles. The summed E-state index contributed by atoms with van der Waals surface area (Å²) in [6, 6.07) is 84.9. The first kappa shape index (κ1) is 89.5. The van der Waals surface area contributed by atoms with Crippen molar-refractivity contribution in [2.75, 3.05) is 25.7 Å². The van der Waals surface area contributed by atoms with Crippen LogP contribution in [0.1, 0.15) is 97.8 Å². The van der Waals surface area contributed by atoms with Gasteiger partial charge in [0, 0.05) is 23.4 Å². The highest BCUT2D eigenvalue weighted by atomic mass is 16.7. The van der Waals surface area contributed by atoms with Gasteiger partial charge in [-0.05, 0) is 261 Å². The van der Waals surface area contributed by atoms with Crippen molar-refractivity contribution < 1.29 is 71.3 Å². The van der Waals surface area contributed by atoms with Gasteiger partial charge in [0.1, 0.15) is 57.5 Å². The van der Waals surface area contributed by atoms with Gasteiger partial charge in [-0.15, -0.1) is 0 Å². The molecule has 13 aromatic carbocycles. The lowest BCUT2D eigenvalue weighted by Crippen LogP contribution is -2.12. The van der Waals surface area contributed by atoms with Crippen LogP contribution in [-0.2, 0) is 9.59 Å². The fourth-order valence-corrected chi connectivity index (χ4v) is 11.3. The summed E-state index contributed by atoms with van der Waals surface area (Å²) in [6.45, 7) is 41.0. The highest BCUT2D eigenvalue weighted by Gasteiger charge is 2.16. The lowest BCUT2D eigenvalue weighted by Gasteiger charge is -2.12. The normalized spacial score (nSPS) is 10.3. The molecule has 0 unspecified atom stereocenters. The van der Waals surface area contributed by atoms with E-state index in [2.05, 4.69) is 62.8 Å². The SMILES string of the molecule is C=Cc1ccc(/C=C\C(=O)Oc2ccc(/C=C\C(=O)Oc3ccc(C=C)cc3)c(C)c2)cc1.C=Cc1ccc(OCOc2ccc(OC(=O)c3ccc(C=C)cc3)cc2C)cc1.C=Cc1ccc(OCOc2ccc3cc(OC(=O)c4ccc(C=C)cc4)ccc3c2)cc1.[C-]#[N+]c1cc(OCOc2ccc(C=C)cc2)ccc1NC(=O)c1ccc(C=C)cc1. The molecule has 17 heteroatoms. The number of anilines is 1. The van der Waals surface area contributed by atoms with E-state index in [0.29, 0.717) is 74.1 Å². The summed E-state index contributed by atoms with van der Waals surface area (Å²) >= 11 is 0. The fourth-order valence-electron chi connectivity index (χ4n) is 11.3. The number of esters is 4. The molecule has 0 saturated heterocycles. The van der Waals surface area contributed by atoms with Crippen LogP contribution >= 0.6 is 0 Å². The third-order valence-electron chi connectivity index (χ3n) is 18.3. The molecule has 13 aromatic rings. The number of aryl methyl sites for hydroxylation is 2. The van der Waals surface area contributed by atoms with Gasteiger partial charge in [0.05, 0.1) is 17.7 Å². The van der Waals surface area contributed by atoms with Gasteiger partial charge in [-0.25, -0.2) is 24.0 Å². The molecule has 13 rings (SSSR count). The van der Waals surface area contributed by atoms with Gasteiger partial charge in [0.2, 0.25) is 26.1 Å². The number of carbonyl (C=O) groups is 5. The predicted molar refractivity (Wildman–Crippen MR) is 497 cm³/mol. The first-order valence-corrected chi connectivity index (χ1v) is 38.7. The number of rotatable bonds is 32. The molecule has 0 aromatic heterocycles. The Morgan fingerprint density at radius 3 is 1.06 bits per heavy atom. The van der Waals surface area contributed by atoms with Crippen molar-refractivity contribution in [3.63, 3.8) is 0 Å². The van der Waals surface area contributed by atoms with Crippen molar-refractivity contribution in [2.45, 2.75) is 13.8 Å². The van der Waals surface area contributed by atoms with Gasteiger partial charge in [0.15, 0.2) is 0 Å². The maximum absolute atomic E-state index is 12.4. The maximum atomic E-state index is 12.4. The predicted octanol–water partition coefficient (Wildman–Crippen LogP) is 25.4. The molecule has 1 amide bonds. The van der Waals surface area contributed by atoms with Crippen LogP contribution in [0.2, 0.25) is 0 Å². The van der Waals surface area contributed by atoms with E-state index in [1.54, 1.807) is 182 Å². The molecular formula is C107H88N2O15. The lowest BCUT2D eigenvalue weighted by molar-refractivity contribution is -0.129. The van der Waals surface area contributed by atoms with Gasteiger partial charge in [-0.2, -0.15) is 0 Å². The minimum Gasteiger partial charge on any atom is -0.459 e. The van der Waals surface area contributed by atoms with Gasteiger partial charge in [-0.3, -0.25) is 4.79 Å². The number of benzene rings is 13. The van der Waals surface area contributed by atoms with Gasteiger partial charge in [0.25, 0.3) is 5.91 Å². The molecular weight excluding hydrogens is 1550 g/mol. The van der Waals surface area contributed by atoms with E-state index in [9.17, 15) is 24.0 Å². The molecule has 0 spiro atoms. The van der Waals surface area contributed by atoms with Crippen molar-refractivity contribution in [3.8, 4) is 57.5 Å². The second kappa shape index (κ2) is 46.3. The smallest absolute Gasteiger partial charge is 0.343 e. The number of hydrogen-bond acceptors (Lipinski definition) is 15. The van der Waals surface area contributed by atoms with E-state index in [1.807, 2.05) is 178 Å². The Kier molecular flexibility index (Phi) is 33.5. The third-order valence-corrected chi connectivity index (χ3v) is 18.3. The Morgan fingerprint density at radius 1 is 0.306 bits per heavy atom. The summed E-state index contributed by atoms with van der Waals surface area (Å²) in [5.74, 6) is 3.65. The summed E-state index contributed by atoms with van der Waals surface area (Å²) in [7, 11) is 0. The lowest BCUT2D eigenvalue weighted by atomic mass is 10.1. The average molecular weight is 1640 g/mol. The molecule has 0 radical (unpaired) electrons. The van der Waals surface area contributed by atoms with Crippen molar-refractivity contribution in [1.82, 2.24) is 0 Å². The number of fused-ring (bicyclic) bond motifs is 1. The number of ether oxygens (including phenoxy) is 10. The monoisotopic (exact) mass is 1640 g/mol. The van der Waals surface area contributed by atoms with Crippen LogP contribution < -0.4 is 52.7 Å². The molecule has 17 nitrogen and oxygen atoms in total. The Bertz CT molecular complexity index is 6060. The van der Waals surface area contributed by atoms with Crippen molar-refractivity contribution >= 4 is 113 Å². The number of amides is 1. The van der Waals surface area contributed by atoms with Crippen LogP contribution in [0, 0.1) is 20.4 Å². The zero-order chi connectivity index (χ0) is 88.0. The van der Waals surface area contributed by atoms with E-state index in [1.165, 1.54) is 12.2 Å². The average Bonchev–Trinajstić information content (AvgIpc) is 0.865. The largest absolute Gasteiger partial charge is 0.459 e. The van der Waals surface area contributed by atoms with E-state index in [4.69, 9.17) is 53.9 Å². The Labute approximate surface area is 721 Å². The summed E-state index contributed by atoms with van der Waals surface area (Å²) in [5, 5.41) is 4.66. The molecule has 1 N–H and O–H groups in total. The number of carbonyl (C=O) groups excluding carboxylic acids is 5. The summed E-state index contributed by atoms with van der Waals surface area (Å²) in [4.78, 5) is 64.8. The van der Waals surface area contributed by atoms with Crippen LogP contribution in [0.3, 0.4) is 0 Å². The van der Waals surface area contributed by atoms with E-state index < -0.39 is 23.9 Å². The molecule has 0 atom stereocenters. The summed E-state index contributed by atoms with van der Waals surface area (Å²) in [5.41, 5.74) is 13.3. The summed E-state index contributed by atoms with van der Waals surface area (Å²) in [6.07, 6.45) is 20.0. The Morgan fingerprint density at radius 2 is 0.621 bits per heavy atom. The number of hydrogen-bond donors (Lipinski definition) is 1. The van der Waals surface area contributed by atoms with Crippen LogP contribution in [0.4, 0.5) is 11.4 Å². The van der Waals surface area contributed by atoms with Gasteiger partial charge in [-0.1, -0.05) is 229 Å². The first-order chi connectivity index (χ1) is 60.3. The van der Waals surface area contributed by atoms with E-state index >= 15 is 0 Å². The quantitative estimate of drug-likeness (QED) is 0.0137. The minimum absolute atomic E-state index is 0.00770. The van der Waals surface area contributed by atoms with E-state index in [0.717, 1.165) is 83.3 Å². The molecule has 0 aliphatic heterocycles. The van der Waals surface area contributed by atoms with Crippen molar-refractivity contribution in [3.05, 3.63) is 445 Å².